The minimum Gasteiger partial charge on any atom is -0.496 e. The number of nitrogens with one attached hydrogen (secondary N) is 2. The van der Waals surface area contributed by atoms with E-state index in [-0.39, 0.29) is 11.9 Å². The van der Waals surface area contributed by atoms with Gasteiger partial charge in [0.15, 0.2) is 0 Å². The van der Waals surface area contributed by atoms with Gasteiger partial charge in [-0.3, -0.25) is 10.1 Å². The fraction of sp³-hybridized carbons (Fsp3) is 0.462. The van der Waals surface area contributed by atoms with Crippen LogP contribution in [0.3, 0.4) is 0 Å². The molecule has 2 rings (SSSR count). The molecule has 0 bridgehead atoms. The first kappa shape index (κ1) is 13.2. The molecule has 5 heteroatoms. The lowest BCUT2D eigenvalue weighted by Crippen LogP contribution is -2.41. The summed E-state index contributed by atoms with van der Waals surface area (Å²) in [6, 6.07) is 5.90. The molecule has 0 saturated carbocycles. The Bertz CT molecular complexity index is 431. The minimum atomic E-state index is -0.0469. The summed E-state index contributed by atoms with van der Waals surface area (Å²) >= 11 is 1.75. The summed E-state index contributed by atoms with van der Waals surface area (Å²) in [5, 5.41) is 6.10. The van der Waals surface area contributed by atoms with Crippen molar-refractivity contribution in [3.05, 3.63) is 29.3 Å². The molecule has 98 valence electrons. The summed E-state index contributed by atoms with van der Waals surface area (Å²) in [7, 11) is 1.66. The van der Waals surface area contributed by atoms with Crippen LogP contribution in [0.2, 0.25) is 0 Å². The minimum absolute atomic E-state index is 0.0469. The molecule has 1 heterocycles. The number of amides is 1. The predicted molar refractivity (Wildman–Crippen MR) is 73.8 cm³/mol. The molecule has 1 saturated heterocycles. The number of rotatable bonds is 4. The molecule has 18 heavy (non-hydrogen) atoms. The smallest absolute Gasteiger partial charge is 0.238 e. The number of carbonyl (C=O) groups excluding carboxylic acids is 1. The molecular weight excluding hydrogens is 248 g/mol. The van der Waals surface area contributed by atoms with Crippen molar-refractivity contribution in [1.29, 1.82) is 0 Å². The molecule has 1 aromatic carbocycles. The second-order valence-electron chi connectivity index (χ2n) is 4.29. The Morgan fingerprint density at radius 3 is 3.06 bits per heavy atom. The van der Waals surface area contributed by atoms with Crippen molar-refractivity contribution in [2.75, 3.05) is 18.7 Å². The summed E-state index contributed by atoms with van der Waals surface area (Å²) in [6.45, 7) is 2.56. The summed E-state index contributed by atoms with van der Waals surface area (Å²) in [5.41, 5.74) is 2.17. The van der Waals surface area contributed by atoms with Gasteiger partial charge in [-0.05, 0) is 24.1 Å². The number of aryl methyl sites for hydroxylation is 1. The van der Waals surface area contributed by atoms with E-state index in [2.05, 4.69) is 10.6 Å². The van der Waals surface area contributed by atoms with Gasteiger partial charge in [-0.25, -0.2) is 0 Å². The average molecular weight is 266 g/mol. The molecule has 4 nitrogen and oxygen atoms in total. The lowest BCUT2D eigenvalue weighted by atomic mass is 10.1. The van der Waals surface area contributed by atoms with Crippen molar-refractivity contribution >= 4 is 17.7 Å². The first-order valence-corrected chi connectivity index (χ1v) is 7.08. The summed E-state index contributed by atoms with van der Waals surface area (Å²) < 4.78 is 5.21. The highest BCUT2D eigenvalue weighted by Crippen LogP contribution is 2.18. The molecule has 0 spiro atoms. The molecule has 0 radical (unpaired) electrons. The Morgan fingerprint density at radius 2 is 2.44 bits per heavy atom. The van der Waals surface area contributed by atoms with Gasteiger partial charge >= 0.3 is 0 Å². The van der Waals surface area contributed by atoms with E-state index in [1.54, 1.807) is 18.9 Å². The summed E-state index contributed by atoms with van der Waals surface area (Å²) in [5.74, 6) is 2.67. The molecule has 1 amide bonds. The van der Waals surface area contributed by atoms with Gasteiger partial charge in [0.2, 0.25) is 5.91 Å². The molecule has 1 aromatic rings. The van der Waals surface area contributed by atoms with Crippen LogP contribution in [0.15, 0.2) is 18.2 Å². The second kappa shape index (κ2) is 6.11. The predicted octanol–water partition coefficient (Wildman–Crippen LogP) is 1.28. The molecule has 1 aliphatic heterocycles. The first-order chi connectivity index (χ1) is 8.70. The highest BCUT2D eigenvalue weighted by atomic mass is 32.2. The van der Waals surface area contributed by atoms with Crippen LogP contribution < -0.4 is 15.4 Å². The third kappa shape index (κ3) is 3.17. The van der Waals surface area contributed by atoms with Gasteiger partial charge in [-0.15, -0.1) is 11.8 Å². The Kier molecular flexibility index (Phi) is 4.49. The number of benzene rings is 1. The van der Waals surface area contributed by atoms with Crippen molar-refractivity contribution < 1.29 is 9.53 Å². The lowest BCUT2D eigenvalue weighted by molar-refractivity contribution is -0.122. The van der Waals surface area contributed by atoms with Crippen molar-refractivity contribution in [2.24, 2.45) is 0 Å². The van der Waals surface area contributed by atoms with E-state index >= 15 is 0 Å². The zero-order valence-corrected chi connectivity index (χ0v) is 11.5. The molecule has 0 aromatic heterocycles. The summed E-state index contributed by atoms with van der Waals surface area (Å²) in [4.78, 5) is 11.8. The van der Waals surface area contributed by atoms with Crippen LogP contribution in [0.5, 0.6) is 5.75 Å². The number of carbonyl (C=O) groups is 1. The van der Waals surface area contributed by atoms with Crippen molar-refractivity contribution in [3.8, 4) is 5.75 Å². The molecule has 2 N–H and O–H groups in total. The third-order valence-electron chi connectivity index (χ3n) is 2.96. The monoisotopic (exact) mass is 266 g/mol. The topological polar surface area (TPSA) is 50.4 Å². The molecule has 1 fully saturated rings. The van der Waals surface area contributed by atoms with Crippen molar-refractivity contribution in [3.63, 3.8) is 0 Å². The molecular formula is C13H18N2O2S. The van der Waals surface area contributed by atoms with E-state index in [1.807, 2.05) is 25.1 Å². The fourth-order valence-corrected chi connectivity index (χ4v) is 2.87. The van der Waals surface area contributed by atoms with Crippen LogP contribution in [-0.2, 0) is 11.3 Å². The van der Waals surface area contributed by atoms with E-state index < -0.39 is 0 Å². The second-order valence-corrected chi connectivity index (χ2v) is 5.32. The zero-order chi connectivity index (χ0) is 13.0. The normalized spacial score (nSPS) is 18.7. The van der Waals surface area contributed by atoms with Crippen LogP contribution >= 0.6 is 11.8 Å². The van der Waals surface area contributed by atoms with Crippen molar-refractivity contribution in [2.45, 2.75) is 19.5 Å². The fourth-order valence-electron chi connectivity index (χ4n) is 1.93. The zero-order valence-electron chi connectivity index (χ0n) is 10.7. The summed E-state index contributed by atoms with van der Waals surface area (Å²) in [6.07, 6.45) is 0. The first-order valence-electron chi connectivity index (χ1n) is 5.93. The Labute approximate surface area is 111 Å². The van der Waals surface area contributed by atoms with E-state index in [1.165, 1.54) is 0 Å². The Balaban J connectivity index is 1.89. The van der Waals surface area contributed by atoms with E-state index in [9.17, 15) is 4.79 Å². The Morgan fingerprint density at radius 1 is 1.61 bits per heavy atom. The Hall–Kier alpha value is -1.20. The maximum Gasteiger partial charge on any atom is 0.238 e. The van der Waals surface area contributed by atoms with Gasteiger partial charge in [0, 0.05) is 18.2 Å². The van der Waals surface area contributed by atoms with Crippen LogP contribution in [0.1, 0.15) is 11.1 Å². The van der Waals surface area contributed by atoms with Crippen LogP contribution in [0.4, 0.5) is 0 Å². The van der Waals surface area contributed by atoms with Gasteiger partial charge in [0.05, 0.1) is 13.2 Å². The standard InChI is InChI=1S/C13H18N2O2S/c1-9-5-10(3-4-12(9)17-2)6-14-13(16)11-7-18-8-15-11/h3-5,11,15H,6-8H2,1-2H3,(H,14,16). The van der Waals surface area contributed by atoms with Gasteiger partial charge in [0.1, 0.15) is 5.75 Å². The third-order valence-corrected chi connectivity index (χ3v) is 3.90. The number of methoxy groups -OCH3 is 1. The van der Waals surface area contributed by atoms with Gasteiger partial charge < -0.3 is 10.1 Å². The maximum absolute atomic E-state index is 11.8. The van der Waals surface area contributed by atoms with Crippen LogP contribution in [0, 0.1) is 6.92 Å². The van der Waals surface area contributed by atoms with Gasteiger partial charge in [-0.2, -0.15) is 0 Å². The van der Waals surface area contributed by atoms with Crippen LogP contribution in [0.25, 0.3) is 0 Å². The van der Waals surface area contributed by atoms with E-state index in [4.69, 9.17) is 4.74 Å². The number of hydrogen-bond acceptors (Lipinski definition) is 4. The van der Waals surface area contributed by atoms with Gasteiger partial charge in [0.25, 0.3) is 0 Å². The number of ether oxygens (including phenoxy) is 1. The molecule has 1 aliphatic rings. The van der Waals surface area contributed by atoms with Gasteiger partial charge in [-0.1, -0.05) is 12.1 Å². The largest absolute Gasteiger partial charge is 0.496 e. The molecule has 1 unspecified atom stereocenters. The SMILES string of the molecule is COc1ccc(CNC(=O)C2CSCN2)cc1C. The van der Waals surface area contributed by atoms with E-state index in [0.717, 1.165) is 28.5 Å². The highest BCUT2D eigenvalue weighted by Gasteiger charge is 2.21. The maximum atomic E-state index is 11.8. The number of thioether (sulfide) groups is 1. The molecule has 0 aliphatic carbocycles. The number of hydrogen-bond donors (Lipinski definition) is 2. The quantitative estimate of drug-likeness (QED) is 0.862. The molecule has 1 atom stereocenters. The highest BCUT2D eigenvalue weighted by molar-refractivity contribution is 7.99. The van der Waals surface area contributed by atoms with Crippen molar-refractivity contribution in [1.82, 2.24) is 10.6 Å². The average Bonchev–Trinajstić information content (AvgIpc) is 2.90. The lowest BCUT2D eigenvalue weighted by Gasteiger charge is -2.11. The van der Waals surface area contributed by atoms with Crippen LogP contribution in [-0.4, -0.2) is 30.7 Å². The van der Waals surface area contributed by atoms with E-state index in [0.29, 0.717) is 6.54 Å².